The third-order valence-electron chi connectivity index (χ3n) is 6.81. The number of nitrogens with zero attached hydrogens (tertiary/aromatic N) is 3. The lowest BCUT2D eigenvalue weighted by molar-refractivity contribution is -0.136. The lowest BCUT2D eigenvalue weighted by atomic mass is 10.00. The zero-order chi connectivity index (χ0) is 26.2. The molecule has 0 N–H and O–H groups in total. The minimum absolute atomic E-state index is 0.0185. The molecule has 1 heterocycles. The van der Waals surface area contributed by atoms with E-state index >= 15 is 0 Å². The molecular formula is C28H41N3O4S. The van der Waals surface area contributed by atoms with E-state index in [-0.39, 0.29) is 12.5 Å². The summed E-state index contributed by atoms with van der Waals surface area (Å²) < 4.78 is 25.8. The fourth-order valence-corrected chi connectivity index (χ4v) is 5.79. The van der Waals surface area contributed by atoms with Crippen LogP contribution >= 0.6 is 0 Å². The largest absolute Gasteiger partial charge is 0.497 e. The molecule has 0 bridgehead atoms. The normalized spacial score (nSPS) is 14.9. The van der Waals surface area contributed by atoms with Gasteiger partial charge in [-0.1, -0.05) is 18.2 Å². The van der Waals surface area contributed by atoms with Crippen molar-refractivity contribution in [2.75, 3.05) is 60.6 Å². The SMILES string of the molecule is CCN(Cc1ccc2c(c1)CCN(C)CC2)C(=O)COCCN(C)S(=O)c1c(C)cc(OC)cc1C. The first kappa shape index (κ1) is 28.3. The molecule has 0 saturated carbocycles. The monoisotopic (exact) mass is 515 g/mol. The molecule has 0 radical (unpaired) electrons. The van der Waals surface area contributed by atoms with Crippen LogP contribution < -0.4 is 4.74 Å². The molecule has 1 aliphatic heterocycles. The Balaban J connectivity index is 1.49. The number of amides is 1. The van der Waals surface area contributed by atoms with Crippen molar-refractivity contribution < 1.29 is 18.5 Å². The Bertz CT molecular complexity index is 1050. The molecule has 8 heteroatoms. The Hall–Kier alpha value is -2.26. The molecule has 0 fully saturated rings. The van der Waals surface area contributed by atoms with Gasteiger partial charge in [-0.25, -0.2) is 8.51 Å². The van der Waals surface area contributed by atoms with E-state index in [9.17, 15) is 9.00 Å². The highest BCUT2D eigenvalue weighted by atomic mass is 32.2. The van der Waals surface area contributed by atoms with Crippen molar-refractivity contribution in [3.05, 3.63) is 58.1 Å². The minimum atomic E-state index is -1.32. The second kappa shape index (κ2) is 13.3. The van der Waals surface area contributed by atoms with E-state index in [2.05, 4.69) is 30.1 Å². The Morgan fingerprint density at radius 1 is 1.08 bits per heavy atom. The number of ether oxygens (including phenoxy) is 2. The lowest BCUT2D eigenvalue weighted by Gasteiger charge is -2.22. The molecule has 1 amide bonds. The highest BCUT2D eigenvalue weighted by molar-refractivity contribution is 7.82. The smallest absolute Gasteiger partial charge is 0.248 e. The van der Waals surface area contributed by atoms with Crippen molar-refractivity contribution in [3.8, 4) is 5.75 Å². The van der Waals surface area contributed by atoms with Crippen LogP contribution in [0.15, 0.2) is 35.2 Å². The van der Waals surface area contributed by atoms with Crippen molar-refractivity contribution >= 4 is 16.9 Å². The van der Waals surface area contributed by atoms with Crippen LogP contribution in [0.25, 0.3) is 0 Å². The van der Waals surface area contributed by atoms with Gasteiger partial charge in [0.25, 0.3) is 0 Å². The van der Waals surface area contributed by atoms with Crippen molar-refractivity contribution in [3.63, 3.8) is 0 Å². The molecule has 7 nitrogen and oxygen atoms in total. The summed E-state index contributed by atoms with van der Waals surface area (Å²) in [7, 11) is 4.28. The first-order valence-electron chi connectivity index (χ1n) is 12.7. The molecule has 0 aliphatic carbocycles. The number of aryl methyl sites for hydroxylation is 2. The number of likely N-dealkylation sites (N-methyl/N-ethyl adjacent to an activating group) is 3. The molecule has 0 spiro atoms. The number of benzene rings is 2. The number of fused-ring (bicyclic) bond motifs is 1. The van der Waals surface area contributed by atoms with Gasteiger partial charge < -0.3 is 19.3 Å². The van der Waals surface area contributed by atoms with Crippen LogP contribution in [0.2, 0.25) is 0 Å². The van der Waals surface area contributed by atoms with Gasteiger partial charge in [0.1, 0.15) is 23.3 Å². The van der Waals surface area contributed by atoms with Crippen molar-refractivity contribution in [2.24, 2.45) is 0 Å². The van der Waals surface area contributed by atoms with E-state index in [1.165, 1.54) is 11.1 Å². The summed E-state index contributed by atoms with van der Waals surface area (Å²) in [6.07, 6.45) is 2.13. The van der Waals surface area contributed by atoms with Gasteiger partial charge in [-0.05, 0) is 80.6 Å². The van der Waals surface area contributed by atoms with E-state index in [0.717, 1.165) is 53.3 Å². The molecule has 1 atom stereocenters. The van der Waals surface area contributed by atoms with E-state index in [4.69, 9.17) is 9.47 Å². The Labute approximate surface area is 218 Å². The highest BCUT2D eigenvalue weighted by Crippen LogP contribution is 2.25. The van der Waals surface area contributed by atoms with Crippen LogP contribution in [0.3, 0.4) is 0 Å². The summed E-state index contributed by atoms with van der Waals surface area (Å²) >= 11 is 0. The quantitative estimate of drug-likeness (QED) is 0.430. The molecule has 2 aromatic rings. The number of rotatable bonds is 11. The first-order valence-corrected chi connectivity index (χ1v) is 13.8. The first-order chi connectivity index (χ1) is 17.2. The lowest BCUT2D eigenvalue weighted by Crippen LogP contribution is -2.34. The van der Waals surface area contributed by atoms with E-state index in [0.29, 0.717) is 26.2 Å². The van der Waals surface area contributed by atoms with Gasteiger partial charge in [0.05, 0.1) is 18.6 Å². The Morgan fingerprint density at radius 2 is 1.75 bits per heavy atom. The standard InChI is InChI=1S/C28H41N3O4S/c1-7-31(19-23-8-9-24-10-12-29(4)13-11-25(24)18-23)27(32)20-35-15-14-30(5)36(33)28-21(2)16-26(34-6)17-22(28)3/h8-9,16-18H,7,10-15,19-20H2,1-6H3. The van der Waals surface area contributed by atoms with Crippen LogP contribution in [-0.4, -0.2) is 84.8 Å². The zero-order valence-electron chi connectivity index (χ0n) is 22.6. The van der Waals surface area contributed by atoms with Crippen LogP contribution in [0.4, 0.5) is 0 Å². The van der Waals surface area contributed by atoms with Crippen molar-refractivity contribution in [1.29, 1.82) is 0 Å². The summed E-state index contributed by atoms with van der Waals surface area (Å²) in [6.45, 7) is 10.0. The van der Waals surface area contributed by atoms with Crippen LogP contribution in [0.1, 0.15) is 34.7 Å². The van der Waals surface area contributed by atoms with Gasteiger partial charge in [0.2, 0.25) is 5.91 Å². The Morgan fingerprint density at radius 3 is 2.39 bits per heavy atom. The minimum Gasteiger partial charge on any atom is -0.497 e. The number of methoxy groups -OCH3 is 1. The maximum absolute atomic E-state index is 13.1. The van der Waals surface area contributed by atoms with Gasteiger partial charge in [0.15, 0.2) is 0 Å². The average molecular weight is 516 g/mol. The molecule has 198 valence electrons. The van der Waals surface area contributed by atoms with E-state index in [1.807, 2.05) is 37.8 Å². The zero-order valence-corrected chi connectivity index (χ0v) is 23.5. The summed E-state index contributed by atoms with van der Waals surface area (Å²) in [6, 6.07) is 10.4. The van der Waals surface area contributed by atoms with E-state index < -0.39 is 11.0 Å². The second-order valence-corrected chi connectivity index (χ2v) is 11.1. The fraction of sp³-hybridized carbons (Fsp3) is 0.536. The number of carbonyl (C=O) groups is 1. The van der Waals surface area contributed by atoms with Crippen LogP contribution in [0, 0.1) is 13.8 Å². The molecule has 0 aromatic heterocycles. The molecule has 0 saturated heterocycles. The van der Waals surface area contributed by atoms with Gasteiger partial charge >= 0.3 is 0 Å². The number of hydrogen-bond donors (Lipinski definition) is 0. The van der Waals surface area contributed by atoms with Crippen molar-refractivity contribution in [1.82, 2.24) is 14.1 Å². The highest BCUT2D eigenvalue weighted by Gasteiger charge is 2.18. The third-order valence-corrected chi connectivity index (χ3v) is 8.55. The van der Waals surface area contributed by atoms with Gasteiger partial charge in [0, 0.05) is 39.8 Å². The average Bonchev–Trinajstić information content (AvgIpc) is 3.05. The third kappa shape index (κ3) is 7.38. The molecule has 1 unspecified atom stereocenters. The van der Waals surface area contributed by atoms with Crippen molar-refractivity contribution in [2.45, 2.75) is 45.1 Å². The topological polar surface area (TPSA) is 62.3 Å². The number of hydrogen-bond acceptors (Lipinski definition) is 5. The van der Waals surface area contributed by atoms with Gasteiger partial charge in [-0.15, -0.1) is 0 Å². The molecular weight excluding hydrogens is 474 g/mol. The molecule has 36 heavy (non-hydrogen) atoms. The van der Waals surface area contributed by atoms with Crippen LogP contribution in [-0.2, 0) is 39.9 Å². The van der Waals surface area contributed by atoms with E-state index in [1.54, 1.807) is 18.5 Å². The van der Waals surface area contributed by atoms with Gasteiger partial charge in [-0.3, -0.25) is 4.79 Å². The maximum atomic E-state index is 13.1. The summed E-state index contributed by atoms with van der Waals surface area (Å²) in [4.78, 5) is 17.8. The van der Waals surface area contributed by atoms with Gasteiger partial charge in [-0.2, -0.15) is 0 Å². The summed E-state index contributed by atoms with van der Waals surface area (Å²) in [5.74, 6) is 0.729. The van der Waals surface area contributed by atoms with Crippen LogP contribution in [0.5, 0.6) is 5.75 Å². The second-order valence-electron chi connectivity index (χ2n) is 9.56. The summed E-state index contributed by atoms with van der Waals surface area (Å²) in [5.41, 5.74) is 5.83. The Kier molecular flexibility index (Phi) is 10.5. The fourth-order valence-electron chi connectivity index (χ4n) is 4.57. The predicted octanol–water partition coefficient (Wildman–Crippen LogP) is 3.36. The molecule has 1 aliphatic rings. The molecule has 3 rings (SSSR count). The molecule has 2 aromatic carbocycles. The number of carbonyl (C=O) groups excluding carboxylic acids is 1. The maximum Gasteiger partial charge on any atom is 0.248 e. The summed E-state index contributed by atoms with van der Waals surface area (Å²) in [5, 5.41) is 0. The predicted molar refractivity (Wildman–Crippen MR) is 145 cm³/mol.